The van der Waals surface area contributed by atoms with Crippen molar-refractivity contribution >= 4 is 11.9 Å². The topological polar surface area (TPSA) is 124 Å². The molecule has 0 saturated heterocycles. The van der Waals surface area contributed by atoms with Crippen molar-refractivity contribution in [1.29, 1.82) is 0 Å². The standard InChI is InChI=1S/C10H14O7/c11-7(1-3-9(13)14)5-17-6-8(12)2-4-10(15)16/h1-2,11-12H,3-6H2,(H,13,14)(H,15,16). The fourth-order valence-electron chi connectivity index (χ4n) is 0.788. The fraction of sp³-hybridized carbons (Fsp3) is 0.400. The molecule has 0 fully saturated rings. The number of hydrogen-bond donors (Lipinski definition) is 4. The van der Waals surface area contributed by atoms with E-state index in [-0.39, 0.29) is 37.6 Å². The van der Waals surface area contributed by atoms with Gasteiger partial charge in [0.1, 0.15) is 24.7 Å². The van der Waals surface area contributed by atoms with Crippen LogP contribution in [0.5, 0.6) is 0 Å². The number of aliphatic hydroxyl groups excluding tert-OH is 2. The molecule has 0 aliphatic carbocycles. The lowest BCUT2D eigenvalue weighted by atomic mass is 10.3. The third kappa shape index (κ3) is 10.3. The van der Waals surface area contributed by atoms with Gasteiger partial charge in [0.25, 0.3) is 0 Å². The van der Waals surface area contributed by atoms with Crippen LogP contribution in [0.25, 0.3) is 0 Å². The van der Waals surface area contributed by atoms with E-state index < -0.39 is 11.9 Å². The van der Waals surface area contributed by atoms with E-state index in [4.69, 9.17) is 25.2 Å². The van der Waals surface area contributed by atoms with Gasteiger partial charge in [0.2, 0.25) is 0 Å². The summed E-state index contributed by atoms with van der Waals surface area (Å²) in [6.07, 6.45) is 1.49. The third-order valence-corrected chi connectivity index (χ3v) is 1.52. The summed E-state index contributed by atoms with van der Waals surface area (Å²) in [6, 6.07) is 0. The molecule has 0 rings (SSSR count). The van der Waals surface area contributed by atoms with Gasteiger partial charge in [0, 0.05) is 0 Å². The molecular weight excluding hydrogens is 232 g/mol. The summed E-state index contributed by atoms with van der Waals surface area (Å²) >= 11 is 0. The van der Waals surface area contributed by atoms with Gasteiger partial charge in [-0.1, -0.05) is 0 Å². The maximum absolute atomic E-state index is 10.1. The van der Waals surface area contributed by atoms with E-state index in [0.717, 1.165) is 12.2 Å². The second-order valence-corrected chi connectivity index (χ2v) is 3.08. The normalized spacial score (nSPS) is 12.5. The lowest BCUT2D eigenvalue weighted by Crippen LogP contribution is -2.03. The molecule has 0 atom stereocenters. The Bertz CT molecular complexity index is 298. The number of carboxylic acids is 2. The van der Waals surface area contributed by atoms with Crippen molar-refractivity contribution in [3.63, 3.8) is 0 Å². The minimum atomic E-state index is -1.08. The summed E-state index contributed by atoms with van der Waals surface area (Å²) in [5, 5.41) is 34.8. The van der Waals surface area contributed by atoms with Crippen LogP contribution in [0.4, 0.5) is 0 Å². The zero-order valence-electron chi connectivity index (χ0n) is 9.00. The minimum Gasteiger partial charge on any atom is -0.510 e. The molecule has 0 spiro atoms. The van der Waals surface area contributed by atoms with Gasteiger partial charge in [0.05, 0.1) is 12.8 Å². The van der Waals surface area contributed by atoms with Gasteiger partial charge in [-0.15, -0.1) is 0 Å². The second-order valence-electron chi connectivity index (χ2n) is 3.08. The largest absolute Gasteiger partial charge is 0.510 e. The van der Waals surface area contributed by atoms with Crippen molar-refractivity contribution in [3.8, 4) is 0 Å². The SMILES string of the molecule is O=C(O)CC=C(O)COCC(O)=CCC(=O)O. The minimum absolute atomic E-state index is 0.252. The van der Waals surface area contributed by atoms with Crippen molar-refractivity contribution in [3.05, 3.63) is 23.7 Å². The Morgan fingerprint density at radius 2 is 1.18 bits per heavy atom. The van der Waals surface area contributed by atoms with Gasteiger partial charge < -0.3 is 25.2 Å². The molecule has 0 aromatic carbocycles. The van der Waals surface area contributed by atoms with Crippen LogP contribution >= 0.6 is 0 Å². The molecule has 7 heteroatoms. The van der Waals surface area contributed by atoms with Crippen LogP contribution in [-0.2, 0) is 14.3 Å². The van der Waals surface area contributed by atoms with Crippen LogP contribution in [-0.4, -0.2) is 45.6 Å². The van der Waals surface area contributed by atoms with Crippen LogP contribution in [0, 0.1) is 0 Å². The van der Waals surface area contributed by atoms with Gasteiger partial charge >= 0.3 is 11.9 Å². The Morgan fingerprint density at radius 3 is 1.47 bits per heavy atom. The number of aliphatic carboxylic acids is 2. The highest BCUT2D eigenvalue weighted by Gasteiger charge is 2.00. The molecule has 0 aromatic heterocycles. The number of rotatable bonds is 8. The van der Waals surface area contributed by atoms with Crippen LogP contribution < -0.4 is 0 Å². The zero-order valence-corrected chi connectivity index (χ0v) is 9.00. The number of hydrogen-bond acceptors (Lipinski definition) is 5. The Morgan fingerprint density at radius 1 is 0.824 bits per heavy atom. The van der Waals surface area contributed by atoms with Crippen molar-refractivity contribution < 1.29 is 34.8 Å². The molecule has 0 aliphatic heterocycles. The van der Waals surface area contributed by atoms with Crippen molar-refractivity contribution in [2.24, 2.45) is 0 Å². The van der Waals surface area contributed by atoms with E-state index >= 15 is 0 Å². The molecule has 4 N–H and O–H groups in total. The molecule has 0 heterocycles. The number of ether oxygens (including phenoxy) is 1. The first-order valence-corrected chi connectivity index (χ1v) is 4.69. The van der Waals surface area contributed by atoms with E-state index in [1.54, 1.807) is 0 Å². The van der Waals surface area contributed by atoms with E-state index in [1.807, 2.05) is 0 Å². The summed E-state index contributed by atoms with van der Waals surface area (Å²) in [4.78, 5) is 20.3. The maximum atomic E-state index is 10.1. The van der Waals surface area contributed by atoms with Gasteiger partial charge in [-0.25, -0.2) is 0 Å². The average molecular weight is 246 g/mol. The van der Waals surface area contributed by atoms with Crippen molar-refractivity contribution in [2.45, 2.75) is 12.8 Å². The van der Waals surface area contributed by atoms with Crippen LogP contribution in [0.2, 0.25) is 0 Å². The first-order chi connectivity index (χ1) is 7.91. The molecule has 0 aliphatic rings. The van der Waals surface area contributed by atoms with Crippen molar-refractivity contribution in [2.75, 3.05) is 13.2 Å². The van der Waals surface area contributed by atoms with Gasteiger partial charge in [0.15, 0.2) is 0 Å². The average Bonchev–Trinajstić information content (AvgIpc) is 2.23. The van der Waals surface area contributed by atoms with E-state index in [9.17, 15) is 9.59 Å². The fourth-order valence-corrected chi connectivity index (χ4v) is 0.788. The number of carbonyl (C=O) groups is 2. The Labute approximate surface area is 97.3 Å². The van der Waals surface area contributed by atoms with Crippen LogP contribution in [0.15, 0.2) is 23.7 Å². The van der Waals surface area contributed by atoms with Gasteiger partial charge in [-0.2, -0.15) is 0 Å². The first kappa shape index (κ1) is 15.0. The number of aliphatic hydroxyl groups is 2. The molecule has 17 heavy (non-hydrogen) atoms. The summed E-state index contributed by atoms with van der Waals surface area (Å²) in [5.41, 5.74) is 0. The Kier molecular flexibility index (Phi) is 7.20. The van der Waals surface area contributed by atoms with E-state index in [2.05, 4.69) is 0 Å². The Hall–Kier alpha value is -2.02. The molecule has 0 amide bonds. The van der Waals surface area contributed by atoms with Crippen LogP contribution in [0.1, 0.15) is 12.8 Å². The molecule has 0 unspecified atom stereocenters. The highest BCUT2D eigenvalue weighted by atomic mass is 16.5. The molecular formula is C10H14O7. The molecule has 0 bridgehead atoms. The summed E-state index contributed by atoms with van der Waals surface area (Å²) in [6.45, 7) is -0.503. The predicted octanol–water partition coefficient (Wildman–Crippen LogP) is 0.836. The predicted molar refractivity (Wildman–Crippen MR) is 56.7 cm³/mol. The second kappa shape index (κ2) is 8.17. The lowest BCUT2D eigenvalue weighted by molar-refractivity contribution is -0.137. The van der Waals surface area contributed by atoms with E-state index in [1.165, 1.54) is 0 Å². The smallest absolute Gasteiger partial charge is 0.307 e. The number of carboxylic acid groups (broad SMARTS) is 2. The lowest BCUT2D eigenvalue weighted by Gasteiger charge is -2.02. The first-order valence-electron chi connectivity index (χ1n) is 4.69. The Balaban J connectivity index is 3.83. The van der Waals surface area contributed by atoms with Gasteiger partial charge in [-0.05, 0) is 12.2 Å². The van der Waals surface area contributed by atoms with Crippen LogP contribution in [0.3, 0.4) is 0 Å². The molecule has 7 nitrogen and oxygen atoms in total. The quantitative estimate of drug-likeness (QED) is 0.467. The van der Waals surface area contributed by atoms with Gasteiger partial charge in [-0.3, -0.25) is 9.59 Å². The van der Waals surface area contributed by atoms with Crippen molar-refractivity contribution in [1.82, 2.24) is 0 Å². The molecule has 0 aromatic rings. The highest BCUT2D eigenvalue weighted by Crippen LogP contribution is 1.97. The maximum Gasteiger partial charge on any atom is 0.307 e. The zero-order chi connectivity index (χ0) is 13.3. The summed E-state index contributed by atoms with van der Waals surface area (Å²) < 4.78 is 4.80. The summed E-state index contributed by atoms with van der Waals surface area (Å²) in [5.74, 6) is -2.70. The molecule has 96 valence electrons. The molecule has 0 radical (unpaired) electrons. The highest BCUT2D eigenvalue weighted by molar-refractivity contribution is 5.68. The monoisotopic (exact) mass is 246 g/mol. The summed E-state index contributed by atoms with van der Waals surface area (Å²) in [7, 11) is 0. The molecule has 0 saturated carbocycles. The van der Waals surface area contributed by atoms with E-state index in [0.29, 0.717) is 0 Å². The third-order valence-electron chi connectivity index (χ3n) is 1.52.